The van der Waals surface area contributed by atoms with Crippen molar-refractivity contribution >= 4 is 11.9 Å². The zero-order chi connectivity index (χ0) is 14.8. The van der Waals surface area contributed by atoms with Gasteiger partial charge in [-0.25, -0.2) is 0 Å². The normalized spacial score (nSPS) is 18.6. The Balaban J connectivity index is 2.11. The van der Waals surface area contributed by atoms with E-state index in [1.54, 1.807) is 18.3 Å². The van der Waals surface area contributed by atoms with Crippen molar-refractivity contribution < 1.29 is 14.7 Å². The maximum Gasteiger partial charge on any atom is 0.323 e. The van der Waals surface area contributed by atoms with Gasteiger partial charge in [0, 0.05) is 19.3 Å². The van der Waals surface area contributed by atoms with Crippen LogP contribution in [0.2, 0.25) is 0 Å². The Morgan fingerprint density at radius 3 is 2.75 bits per heavy atom. The molecule has 1 aliphatic rings. The second kappa shape index (κ2) is 5.69. The van der Waals surface area contributed by atoms with Crippen LogP contribution in [0.1, 0.15) is 43.6 Å². The molecular weight excluding hydrogens is 256 g/mol. The summed E-state index contributed by atoms with van der Waals surface area (Å²) in [6.45, 7) is 5.78. The van der Waals surface area contributed by atoms with E-state index in [2.05, 4.69) is 13.8 Å². The third kappa shape index (κ3) is 3.40. The second-order valence-corrected chi connectivity index (χ2v) is 6.23. The number of carboxylic acid groups (broad SMARTS) is 1. The summed E-state index contributed by atoms with van der Waals surface area (Å²) in [5.41, 5.74) is 0.741. The molecule has 1 fully saturated rings. The largest absolute Gasteiger partial charge is 0.480 e. The van der Waals surface area contributed by atoms with E-state index >= 15 is 0 Å². The minimum absolute atomic E-state index is 0.0612. The van der Waals surface area contributed by atoms with Crippen LogP contribution < -0.4 is 0 Å². The summed E-state index contributed by atoms with van der Waals surface area (Å²) in [4.78, 5) is 25.2. The third-order valence-corrected chi connectivity index (χ3v) is 3.98. The highest BCUT2D eigenvalue weighted by atomic mass is 16.4. The van der Waals surface area contributed by atoms with Crippen molar-refractivity contribution in [2.75, 3.05) is 13.1 Å². The maximum atomic E-state index is 12.5. The van der Waals surface area contributed by atoms with Crippen LogP contribution in [-0.2, 0) is 11.3 Å². The molecule has 0 aliphatic carbocycles. The Bertz CT molecular complexity index is 505. The van der Waals surface area contributed by atoms with Crippen LogP contribution in [0.25, 0.3) is 0 Å². The lowest BCUT2D eigenvalue weighted by atomic mass is 9.85. The van der Waals surface area contributed by atoms with Gasteiger partial charge in [0.2, 0.25) is 0 Å². The van der Waals surface area contributed by atoms with E-state index in [1.807, 2.05) is 4.90 Å². The average Bonchev–Trinajstić information content (AvgIpc) is 2.71. The maximum absolute atomic E-state index is 12.5. The monoisotopic (exact) mass is 278 g/mol. The first kappa shape index (κ1) is 14.6. The van der Waals surface area contributed by atoms with Gasteiger partial charge in [-0.1, -0.05) is 13.8 Å². The highest BCUT2D eigenvalue weighted by molar-refractivity contribution is 5.93. The molecule has 110 valence electrons. The molecule has 0 aromatic carbocycles. The minimum atomic E-state index is -0.938. The summed E-state index contributed by atoms with van der Waals surface area (Å²) in [7, 11) is 0. The molecule has 2 heterocycles. The van der Waals surface area contributed by atoms with Gasteiger partial charge in [-0.3, -0.25) is 9.59 Å². The fourth-order valence-electron chi connectivity index (χ4n) is 2.68. The molecule has 5 nitrogen and oxygen atoms in total. The molecule has 1 saturated heterocycles. The molecule has 0 unspecified atom stereocenters. The van der Waals surface area contributed by atoms with E-state index in [1.165, 1.54) is 4.57 Å². The van der Waals surface area contributed by atoms with Crippen molar-refractivity contribution in [1.29, 1.82) is 0 Å². The zero-order valence-corrected chi connectivity index (χ0v) is 12.1. The molecule has 0 radical (unpaired) electrons. The van der Waals surface area contributed by atoms with Crippen LogP contribution in [0.5, 0.6) is 0 Å². The summed E-state index contributed by atoms with van der Waals surface area (Å²) in [5.74, 6) is -0.999. The van der Waals surface area contributed by atoms with Gasteiger partial charge >= 0.3 is 5.97 Å². The Morgan fingerprint density at radius 2 is 2.05 bits per heavy atom. The van der Waals surface area contributed by atoms with E-state index in [0.717, 1.165) is 32.4 Å². The van der Waals surface area contributed by atoms with Crippen molar-refractivity contribution in [1.82, 2.24) is 9.47 Å². The number of carbonyl (C=O) groups excluding carboxylic acids is 1. The van der Waals surface area contributed by atoms with Gasteiger partial charge in [0.15, 0.2) is 0 Å². The summed E-state index contributed by atoms with van der Waals surface area (Å²) < 4.78 is 1.50. The molecule has 5 heteroatoms. The number of carboxylic acids is 1. The summed E-state index contributed by atoms with van der Waals surface area (Å²) >= 11 is 0. The Morgan fingerprint density at radius 1 is 1.30 bits per heavy atom. The van der Waals surface area contributed by atoms with Gasteiger partial charge in [0.05, 0.1) is 0 Å². The van der Waals surface area contributed by atoms with E-state index in [9.17, 15) is 9.59 Å². The molecule has 2 rings (SSSR count). The molecule has 1 amide bonds. The quantitative estimate of drug-likeness (QED) is 0.922. The van der Waals surface area contributed by atoms with Gasteiger partial charge in [-0.2, -0.15) is 0 Å². The number of carbonyl (C=O) groups is 2. The number of hydrogen-bond donors (Lipinski definition) is 1. The number of rotatable bonds is 3. The average molecular weight is 278 g/mol. The molecular formula is C15H22N2O3. The van der Waals surface area contributed by atoms with E-state index < -0.39 is 5.97 Å². The summed E-state index contributed by atoms with van der Waals surface area (Å²) in [5, 5.41) is 8.87. The molecule has 0 atom stereocenters. The van der Waals surface area contributed by atoms with E-state index in [0.29, 0.717) is 5.69 Å². The lowest BCUT2D eigenvalue weighted by Crippen LogP contribution is -2.34. The van der Waals surface area contributed by atoms with Crippen molar-refractivity contribution in [3.8, 4) is 0 Å². The molecule has 1 aromatic heterocycles. The van der Waals surface area contributed by atoms with Crippen molar-refractivity contribution in [2.24, 2.45) is 5.41 Å². The Labute approximate surface area is 119 Å². The number of amides is 1. The summed E-state index contributed by atoms with van der Waals surface area (Å²) in [6, 6.07) is 3.42. The minimum Gasteiger partial charge on any atom is -0.480 e. The molecule has 0 spiro atoms. The smallest absolute Gasteiger partial charge is 0.323 e. The highest BCUT2D eigenvalue weighted by Gasteiger charge is 2.27. The second-order valence-electron chi connectivity index (χ2n) is 6.23. The van der Waals surface area contributed by atoms with Crippen LogP contribution in [0.3, 0.4) is 0 Å². The highest BCUT2D eigenvalue weighted by Crippen LogP contribution is 2.30. The zero-order valence-electron chi connectivity index (χ0n) is 12.1. The number of hydrogen-bond acceptors (Lipinski definition) is 2. The van der Waals surface area contributed by atoms with Gasteiger partial charge in [0.1, 0.15) is 12.2 Å². The lowest BCUT2D eigenvalue weighted by molar-refractivity contribution is -0.137. The van der Waals surface area contributed by atoms with Crippen LogP contribution in [0, 0.1) is 5.41 Å². The Kier molecular flexibility index (Phi) is 4.16. The van der Waals surface area contributed by atoms with Crippen LogP contribution in [0.15, 0.2) is 18.3 Å². The predicted octanol–water partition coefficient (Wildman–Crippen LogP) is 2.22. The standard InChI is InChI=1S/C15H22N2O3/c1-15(2)6-4-9-16(10-7-15)14(20)12-5-3-8-17(12)11-13(18)19/h3,5,8H,4,6-7,9-11H2,1-2H3,(H,18,19). The van der Waals surface area contributed by atoms with E-state index in [-0.39, 0.29) is 17.9 Å². The fraction of sp³-hybridized carbons (Fsp3) is 0.600. The molecule has 0 bridgehead atoms. The van der Waals surface area contributed by atoms with Gasteiger partial charge in [0.25, 0.3) is 5.91 Å². The van der Waals surface area contributed by atoms with Crippen LogP contribution in [-0.4, -0.2) is 39.5 Å². The molecule has 1 aromatic rings. The topological polar surface area (TPSA) is 62.5 Å². The number of nitrogens with zero attached hydrogens (tertiary/aromatic N) is 2. The predicted molar refractivity (Wildman–Crippen MR) is 75.6 cm³/mol. The third-order valence-electron chi connectivity index (χ3n) is 3.98. The van der Waals surface area contributed by atoms with Crippen molar-refractivity contribution in [3.05, 3.63) is 24.0 Å². The summed E-state index contributed by atoms with van der Waals surface area (Å²) in [6.07, 6.45) is 4.74. The van der Waals surface area contributed by atoms with Crippen LogP contribution >= 0.6 is 0 Å². The van der Waals surface area contributed by atoms with Gasteiger partial charge in [-0.15, -0.1) is 0 Å². The fourth-order valence-corrected chi connectivity index (χ4v) is 2.68. The van der Waals surface area contributed by atoms with Crippen molar-refractivity contribution in [2.45, 2.75) is 39.7 Å². The number of likely N-dealkylation sites (tertiary alicyclic amines) is 1. The SMILES string of the molecule is CC1(C)CCCN(C(=O)c2cccn2CC(=O)O)CC1. The first-order chi connectivity index (χ1) is 9.39. The number of aromatic nitrogens is 1. The first-order valence-electron chi connectivity index (χ1n) is 7.05. The number of aliphatic carboxylic acids is 1. The lowest BCUT2D eigenvalue weighted by Gasteiger charge is -2.23. The van der Waals surface area contributed by atoms with Crippen LogP contribution in [0.4, 0.5) is 0 Å². The molecule has 20 heavy (non-hydrogen) atoms. The Hall–Kier alpha value is -1.78. The van der Waals surface area contributed by atoms with Gasteiger partial charge in [-0.05, 0) is 36.8 Å². The van der Waals surface area contributed by atoms with Crippen molar-refractivity contribution in [3.63, 3.8) is 0 Å². The van der Waals surface area contributed by atoms with Gasteiger partial charge < -0.3 is 14.6 Å². The molecule has 1 aliphatic heterocycles. The first-order valence-corrected chi connectivity index (χ1v) is 7.05. The molecule has 1 N–H and O–H groups in total. The van der Waals surface area contributed by atoms with E-state index in [4.69, 9.17) is 5.11 Å². The molecule has 0 saturated carbocycles.